The number of nitrogens with one attached hydrogen (secondary N) is 2. The van der Waals surface area contributed by atoms with Gasteiger partial charge in [0, 0.05) is 19.1 Å². The maximum absolute atomic E-state index is 13.1. The highest BCUT2D eigenvalue weighted by atomic mass is 32.2. The lowest BCUT2D eigenvalue weighted by atomic mass is 9.93. The third-order valence-electron chi connectivity index (χ3n) is 5.06. The Morgan fingerprint density at radius 1 is 1.08 bits per heavy atom. The minimum atomic E-state index is -3.61. The molecule has 0 unspecified atom stereocenters. The molecule has 26 heavy (non-hydrogen) atoms. The molecule has 0 atom stereocenters. The van der Waals surface area contributed by atoms with Gasteiger partial charge in [-0.2, -0.15) is 0 Å². The monoisotopic (exact) mass is 372 g/mol. The summed E-state index contributed by atoms with van der Waals surface area (Å²) in [6, 6.07) is 13.7. The van der Waals surface area contributed by atoms with Gasteiger partial charge in [0.05, 0.1) is 18.0 Å². The van der Waals surface area contributed by atoms with Crippen molar-refractivity contribution < 1.29 is 8.42 Å². The lowest BCUT2D eigenvalue weighted by Crippen LogP contribution is -2.45. The molecule has 1 aliphatic heterocycles. The second kappa shape index (κ2) is 7.25. The van der Waals surface area contributed by atoms with Gasteiger partial charge in [0.15, 0.2) is 0 Å². The molecule has 2 N–H and O–H groups in total. The summed E-state index contributed by atoms with van der Waals surface area (Å²) in [4.78, 5) is 4.65. The number of hydrogen-bond donors (Lipinski definition) is 2. The van der Waals surface area contributed by atoms with E-state index in [9.17, 15) is 8.42 Å². The Kier molecular flexibility index (Phi) is 4.82. The van der Waals surface area contributed by atoms with Crippen LogP contribution >= 0.6 is 0 Å². The molecule has 2 aromatic rings. The van der Waals surface area contributed by atoms with E-state index in [4.69, 9.17) is 0 Å². The maximum atomic E-state index is 13.1. The third-order valence-corrected chi connectivity index (χ3v) is 6.84. The zero-order valence-corrected chi connectivity index (χ0v) is 15.5. The number of guanidine groups is 1. The highest BCUT2D eigenvalue weighted by Crippen LogP contribution is 2.23. The Labute approximate surface area is 154 Å². The first kappa shape index (κ1) is 17.3. The molecule has 2 aliphatic rings. The van der Waals surface area contributed by atoms with Gasteiger partial charge in [0.25, 0.3) is 10.0 Å². The smallest absolute Gasteiger partial charge is 0.266 e. The zero-order valence-electron chi connectivity index (χ0n) is 14.7. The summed E-state index contributed by atoms with van der Waals surface area (Å²) < 4.78 is 27.5. The molecular weight excluding hydrogens is 348 g/mol. The third kappa shape index (κ3) is 3.41. The van der Waals surface area contributed by atoms with Crippen LogP contribution in [0.3, 0.4) is 0 Å². The zero-order chi connectivity index (χ0) is 18.0. The molecule has 7 heteroatoms. The minimum Gasteiger partial charge on any atom is -0.354 e. The van der Waals surface area contributed by atoms with Crippen molar-refractivity contribution in [2.24, 2.45) is 4.99 Å². The molecular formula is C19H24N4O2S. The fraction of sp³-hybridized carbons (Fsp3) is 0.421. The fourth-order valence-electron chi connectivity index (χ4n) is 3.33. The molecule has 0 amide bonds. The van der Waals surface area contributed by atoms with Crippen molar-refractivity contribution in [2.45, 2.75) is 30.2 Å². The molecule has 1 fully saturated rings. The van der Waals surface area contributed by atoms with Gasteiger partial charge in [-0.05, 0) is 35.7 Å². The Morgan fingerprint density at radius 2 is 1.88 bits per heavy atom. The summed E-state index contributed by atoms with van der Waals surface area (Å²) in [5.74, 6) is 0.452. The number of sulfonamides is 1. The van der Waals surface area contributed by atoms with Crippen LogP contribution in [0.25, 0.3) is 10.8 Å². The molecule has 0 spiro atoms. The molecule has 1 heterocycles. The summed E-state index contributed by atoms with van der Waals surface area (Å²) in [7, 11) is -3.61. The normalized spacial score (nSPS) is 18.0. The van der Waals surface area contributed by atoms with Crippen molar-refractivity contribution in [1.29, 1.82) is 0 Å². The number of aliphatic imine (C=N–C) groups is 1. The SMILES string of the molecule is O=S(=O)(c1ccc2ccccc2c1)N1CCN=C1NCCNC1CCC1. The molecule has 1 saturated carbocycles. The average Bonchev–Trinajstić information content (AvgIpc) is 3.09. The van der Waals surface area contributed by atoms with E-state index in [1.165, 1.54) is 23.6 Å². The summed E-state index contributed by atoms with van der Waals surface area (Å²) in [6.07, 6.45) is 3.78. The maximum Gasteiger partial charge on any atom is 0.266 e. The van der Waals surface area contributed by atoms with Crippen LogP contribution in [-0.4, -0.2) is 50.9 Å². The van der Waals surface area contributed by atoms with Gasteiger partial charge in [0.2, 0.25) is 5.96 Å². The van der Waals surface area contributed by atoms with Crippen molar-refractivity contribution in [3.8, 4) is 0 Å². The summed E-state index contributed by atoms with van der Waals surface area (Å²) in [5, 5.41) is 8.60. The van der Waals surface area contributed by atoms with Crippen LogP contribution in [0.4, 0.5) is 0 Å². The molecule has 2 aromatic carbocycles. The number of rotatable bonds is 6. The van der Waals surface area contributed by atoms with Crippen molar-refractivity contribution in [3.05, 3.63) is 42.5 Å². The van der Waals surface area contributed by atoms with Gasteiger partial charge in [0.1, 0.15) is 0 Å². The second-order valence-corrected chi connectivity index (χ2v) is 8.66. The van der Waals surface area contributed by atoms with Crippen LogP contribution in [-0.2, 0) is 10.0 Å². The van der Waals surface area contributed by atoms with Gasteiger partial charge in [-0.15, -0.1) is 0 Å². The number of benzene rings is 2. The number of nitrogens with zero attached hydrogens (tertiary/aromatic N) is 2. The Hall–Kier alpha value is -2.12. The van der Waals surface area contributed by atoms with Crippen LogP contribution in [0, 0.1) is 0 Å². The standard InChI is InChI=1S/C19H24N4O2S/c24-26(25,18-9-8-15-4-1-2-5-16(15)14-18)23-13-12-22-19(23)21-11-10-20-17-6-3-7-17/h1-2,4-5,8-9,14,17,20H,3,6-7,10-13H2,(H,21,22). The molecule has 0 bridgehead atoms. The van der Waals surface area contributed by atoms with E-state index in [0.29, 0.717) is 36.5 Å². The van der Waals surface area contributed by atoms with E-state index in [1.807, 2.05) is 30.3 Å². The quantitative estimate of drug-likeness (QED) is 0.760. The Balaban J connectivity index is 1.45. The summed E-state index contributed by atoms with van der Waals surface area (Å²) in [6.45, 7) is 2.35. The highest BCUT2D eigenvalue weighted by molar-refractivity contribution is 7.89. The predicted octanol–water partition coefficient (Wildman–Crippen LogP) is 1.93. The largest absolute Gasteiger partial charge is 0.354 e. The van der Waals surface area contributed by atoms with E-state index in [1.54, 1.807) is 12.1 Å². The van der Waals surface area contributed by atoms with Gasteiger partial charge in [-0.3, -0.25) is 4.99 Å². The molecule has 6 nitrogen and oxygen atoms in total. The van der Waals surface area contributed by atoms with E-state index in [2.05, 4.69) is 15.6 Å². The van der Waals surface area contributed by atoms with Crippen LogP contribution in [0.5, 0.6) is 0 Å². The second-order valence-electron chi connectivity index (χ2n) is 6.80. The fourth-order valence-corrected chi connectivity index (χ4v) is 4.77. The number of fused-ring (bicyclic) bond motifs is 1. The molecule has 0 saturated heterocycles. The van der Waals surface area contributed by atoms with Gasteiger partial charge < -0.3 is 10.6 Å². The van der Waals surface area contributed by atoms with E-state index in [0.717, 1.165) is 17.3 Å². The topological polar surface area (TPSA) is 73.8 Å². The molecule has 138 valence electrons. The summed E-state index contributed by atoms with van der Waals surface area (Å²) in [5.41, 5.74) is 0. The molecule has 1 aliphatic carbocycles. The summed E-state index contributed by atoms with van der Waals surface area (Å²) >= 11 is 0. The van der Waals surface area contributed by atoms with Crippen molar-refractivity contribution in [2.75, 3.05) is 26.2 Å². The van der Waals surface area contributed by atoms with Gasteiger partial charge >= 0.3 is 0 Å². The van der Waals surface area contributed by atoms with Crippen molar-refractivity contribution in [3.63, 3.8) is 0 Å². The number of hydrogen-bond acceptors (Lipinski definition) is 5. The van der Waals surface area contributed by atoms with Gasteiger partial charge in [-0.1, -0.05) is 36.8 Å². The first-order valence-corrected chi connectivity index (χ1v) is 10.6. The Morgan fingerprint density at radius 3 is 2.65 bits per heavy atom. The van der Waals surface area contributed by atoms with E-state index >= 15 is 0 Å². The lowest BCUT2D eigenvalue weighted by Gasteiger charge is -2.27. The molecule has 4 rings (SSSR count). The van der Waals surface area contributed by atoms with Crippen molar-refractivity contribution >= 4 is 26.8 Å². The average molecular weight is 372 g/mol. The van der Waals surface area contributed by atoms with E-state index in [-0.39, 0.29) is 0 Å². The van der Waals surface area contributed by atoms with Crippen LogP contribution in [0.1, 0.15) is 19.3 Å². The first-order chi connectivity index (χ1) is 12.6. The highest BCUT2D eigenvalue weighted by Gasteiger charge is 2.30. The molecule has 0 aromatic heterocycles. The predicted molar refractivity (Wildman–Crippen MR) is 104 cm³/mol. The van der Waals surface area contributed by atoms with Crippen LogP contribution in [0.15, 0.2) is 52.4 Å². The Bertz CT molecular complexity index is 922. The minimum absolute atomic E-state index is 0.306. The van der Waals surface area contributed by atoms with Crippen LogP contribution in [0.2, 0.25) is 0 Å². The van der Waals surface area contributed by atoms with E-state index < -0.39 is 10.0 Å². The first-order valence-electron chi connectivity index (χ1n) is 9.18. The van der Waals surface area contributed by atoms with Gasteiger partial charge in [-0.25, -0.2) is 12.7 Å². The van der Waals surface area contributed by atoms with Crippen molar-refractivity contribution in [1.82, 2.24) is 14.9 Å². The molecule has 0 radical (unpaired) electrons. The van der Waals surface area contributed by atoms with Crippen LogP contribution < -0.4 is 10.6 Å². The lowest BCUT2D eigenvalue weighted by molar-refractivity contribution is 0.342.